The Morgan fingerprint density at radius 2 is 1.86 bits per heavy atom. The highest BCUT2D eigenvalue weighted by molar-refractivity contribution is 6.35. The van der Waals surface area contributed by atoms with Crippen molar-refractivity contribution in [1.29, 1.82) is 0 Å². The first-order valence-corrected chi connectivity index (χ1v) is 10.2. The summed E-state index contributed by atoms with van der Waals surface area (Å²) >= 11 is 12.3. The van der Waals surface area contributed by atoms with Gasteiger partial charge in [0.25, 0.3) is 0 Å². The Morgan fingerprint density at radius 3 is 2.50 bits per heavy atom. The van der Waals surface area contributed by atoms with E-state index in [0.29, 0.717) is 22.5 Å². The summed E-state index contributed by atoms with van der Waals surface area (Å²) < 4.78 is 5.65. The molecule has 2 unspecified atom stereocenters. The lowest BCUT2D eigenvalue weighted by atomic mass is 9.93. The van der Waals surface area contributed by atoms with Crippen molar-refractivity contribution in [2.24, 2.45) is 10.7 Å². The zero-order chi connectivity index (χ0) is 20.3. The molecule has 3 rings (SSSR count). The molecule has 6 heteroatoms. The Labute approximate surface area is 177 Å². The molecular formula is C22H27Cl2N3O. The predicted octanol–water partition coefficient (Wildman–Crippen LogP) is 4.94. The number of hydrogen-bond donors (Lipinski definition) is 1. The first-order chi connectivity index (χ1) is 13.4. The lowest BCUT2D eigenvalue weighted by Crippen LogP contribution is -2.46. The van der Waals surface area contributed by atoms with Crippen molar-refractivity contribution in [3.63, 3.8) is 0 Å². The first-order valence-electron chi connectivity index (χ1n) is 9.49. The average molecular weight is 420 g/mol. The van der Waals surface area contributed by atoms with E-state index in [1.54, 1.807) is 13.2 Å². The van der Waals surface area contributed by atoms with Gasteiger partial charge in [-0.25, -0.2) is 0 Å². The van der Waals surface area contributed by atoms with Gasteiger partial charge in [-0.2, -0.15) is 0 Å². The third kappa shape index (κ3) is 4.99. The molecule has 0 radical (unpaired) electrons. The normalized spacial score (nSPS) is 22.3. The van der Waals surface area contributed by atoms with Crippen LogP contribution in [-0.2, 0) is 11.2 Å². The molecular weight excluding hydrogens is 393 g/mol. The topological polar surface area (TPSA) is 50.9 Å². The Hall–Kier alpha value is -1.75. The molecule has 1 heterocycles. The molecule has 1 aliphatic heterocycles. The van der Waals surface area contributed by atoms with Crippen LogP contribution in [0.2, 0.25) is 10.0 Å². The number of aryl methyl sites for hydroxylation is 1. The monoisotopic (exact) mass is 419 g/mol. The number of likely N-dealkylation sites (N-methyl/N-ethyl adjacent to an activating group) is 1. The first kappa shape index (κ1) is 21.0. The van der Waals surface area contributed by atoms with Crippen molar-refractivity contribution in [2.75, 3.05) is 20.7 Å². The minimum Gasteiger partial charge on any atom is -0.381 e. The Balaban J connectivity index is 1.85. The molecule has 2 aromatic rings. The third-order valence-electron chi connectivity index (χ3n) is 5.50. The molecule has 2 N–H and O–H groups in total. The van der Waals surface area contributed by atoms with E-state index in [0.717, 1.165) is 30.4 Å². The summed E-state index contributed by atoms with van der Waals surface area (Å²) in [6, 6.07) is 12.3. The summed E-state index contributed by atoms with van der Waals surface area (Å²) in [5.74, 6) is 0.599. The molecule has 0 fully saturated rings. The molecule has 4 nitrogen and oxygen atoms in total. The highest BCUT2D eigenvalue weighted by Crippen LogP contribution is 2.29. The maximum Gasteiger partial charge on any atom is 0.191 e. The van der Waals surface area contributed by atoms with Crippen LogP contribution in [0, 0.1) is 6.92 Å². The van der Waals surface area contributed by atoms with Crippen molar-refractivity contribution < 1.29 is 4.74 Å². The molecule has 0 bridgehead atoms. The molecule has 2 aromatic carbocycles. The summed E-state index contributed by atoms with van der Waals surface area (Å²) in [5, 5.41) is 1.28. The standard InChI is InChI=1S/C22H27Cl2N3O/c1-14-8-16(17-9-18(23)12-19(24)10-17)5-4-15(14)11-20-13-21(28-3)6-7-26-22(25)27(20)2/h4-5,8-10,12,20-21H,6-7,11,13H2,1-3H3,(H2,25,26). The highest BCUT2D eigenvalue weighted by Gasteiger charge is 2.24. The average Bonchev–Trinajstić information content (AvgIpc) is 2.65. The number of guanidine groups is 1. The fourth-order valence-electron chi connectivity index (χ4n) is 3.71. The Morgan fingerprint density at radius 1 is 1.14 bits per heavy atom. The number of halogens is 2. The van der Waals surface area contributed by atoms with Crippen LogP contribution in [0.25, 0.3) is 11.1 Å². The van der Waals surface area contributed by atoms with Gasteiger partial charge < -0.3 is 15.4 Å². The predicted molar refractivity (Wildman–Crippen MR) is 118 cm³/mol. The summed E-state index contributed by atoms with van der Waals surface area (Å²) in [7, 11) is 3.78. The second-order valence-electron chi connectivity index (χ2n) is 7.39. The summed E-state index contributed by atoms with van der Waals surface area (Å²) in [6.45, 7) is 2.84. The molecule has 0 aliphatic carbocycles. The van der Waals surface area contributed by atoms with Crippen LogP contribution in [0.3, 0.4) is 0 Å². The number of methoxy groups -OCH3 is 1. The van der Waals surface area contributed by atoms with Crippen molar-refractivity contribution >= 4 is 29.2 Å². The van der Waals surface area contributed by atoms with E-state index < -0.39 is 0 Å². The van der Waals surface area contributed by atoms with Gasteiger partial charge in [0.15, 0.2) is 5.96 Å². The van der Waals surface area contributed by atoms with Gasteiger partial charge in [0.05, 0.1) is 6.10 Å². The molecule has 0 spiro atoms. The van der Waals surface area contributed by atoms with Gasteiger partial charge in [0.2, 0.25) is 0 Å². The molecule has 1 aliphatic rings. The highest BCUT2D eigenvalue weighted by atomic mass is 35.5. The van der Waals surface area contributed by atoms with E-state index in [4.69, 9.17) is 33.7 Å². The fraction of sp³-hybridized carbons (Fsp3) is 0.409. The quantitative estimate of drug-likeness (QED) is 0.763. The van der Waals surface area contributed by atoms with Gasteiger partial charge in [0, 0.05) is 36.8 Å². The van der Waals surface area contributed by atoms with Gasteiger partial charge in [-0.15, -0.1) is 0 Å². The smallest absolute Gasteiger partial charge is 0.191 e. The van der Waals surface area contributed by atoms with Crippen LogP contribution in [0.1, 0.15) is 24.0 Å². The number of ether oxygens (including phenoxy) is 1. The number of hydrogen-bond acceptors (Lipinski definition) is 4. The van der Waals surface area contributed by atoms with E-state index in [1.807, 2.05) is 19.2 Å². The van der Waals surface area contributed by atoms with E-state index in [-0.39, 0.29) is 12.1 Å². The number of aliphatic imine (C=N–C) groups is 1. The van der Waals surface area contributed by atoms with Gasteiger partial charge >= 0.3 is 0 Å². The van der Waals surface area contributed by atoms with Gasteiger partial charge in [-0.3, -0.25) is 4.99 Å². The number of nitrogens with zero attached hydrogens (tertiary/aromatic N) is 2. The van der Waals surface area contributed by atoms with Crippen molar-refractivity contribution in [3.8, 4) is 11.1 Å². The van der Waals surface area contributed by atoms with Gasteiger partial charge in [0.1, 0.15) is 0 Å². The Kier molecular flexibility index (Phi) is 6.86. The van der Waals surface area contributed by atoms with E-state index >= 15 is 0 Å². The van der Waals surface area contributed by atoms with Crippen LogP contribution in [0.15, 0.2) is 41.4 Å². The summed E-state index contributed by atoms with van der Waals surface area (Å²) in [4.78, 5) is 6.54. The molecule has 0 amide bonds. The Bertz CT molecular complexity index is 849. The van der Waals surface area contributed by atoms with Crippen LogP contribution < -0.4 is 5.73 Å². The molecule has 0 saturated heterocycles. The van der Waals surface area contributed by atoms with Crippen LogP contribution >= 0.6 is 23.2 Å². The maximum absolute atomic E-state index is 6.16. The zero-order valence-corrected chi connectivity index (χ0v) is 18.1. The lowest BCUT2D eigenvalue weighted by Gasteiger charge is -2.34. The largest absolute Gasteiger partial charge is 0.381 e. The number of benzene rings is 2. The minimum atomic E-state index is 0.192. The lowest BCUT2D eigenvalue weighted by molar-refractivity contribution is 0.0691. The van der Waals surface area contributed by atoms with Crippen LogP contribution in [-0.4, -0.2) is 43.7 Å². The molecule has 150 valence electrons. The van der Waals surface area contributed by atoms with Crippen molar-refractivity contribution in [1.82, 2.24) is 4.90 Å². The second-order valence-corrected chi connectivity index (χ2v) is 8.26. The van der Waals surface area contributed by atoms with Crippen LogP contribution in [0.5, 0.6) is 0 Å². The van der Waals surface area contributed by atoms with Gasteiger partial charge in [-0.1, -0.05) is 41.4 Å². The number of nitrogens with two attached hydrogens (primary N) is 1. The molecule has 28 heavy (non-hydrogen) atoms. The SMILES string of the molecule is COC1CC/N=C(/N)N(C)C(Cc2ccc(-c3cc(Cl)cc(Cl)c3)cc2C)C1. The zero-order valence-electron chi connectivity index (χ0n) is 16.6. The third-order valence-corrected chi connectivity index (χ3v) is 5.93. The molecule has 0 saturated carbocycles. The van der Waals surface area contributed by atoms with E-state index in [9.17, 15) is 0 Å². The fourth-order valence-corrected chi connectivity index (χ4v) is 4.24. The minimum absolute atomic E-state index is 0.192. The second kappa shape index (κ2) is 9.17. The molecule has 0 aromatic heterocycles. The summed E-state index contributed by atoms with van der Waals surface area (Å²) in [5.41, 5.74) is 10.8. The van der Waals surface area contributed by atoms with Crippen molar-refractivity contribution in [2.45, 2.75) is 38.3 Å². The van der Waals surface area contributed by atoms with Crippen molar-refractivity contribution in [3.05, 3.63) is 57.6 Å². The van der Waals surface area contributed by atoms with E-state index in [2.05, 4.69) is 35.0 Å². The molecule has 2 atom stereocenters. The summed E-state index contributed by atoms with van der Waals surface area (Å²) in [6.07, 6.45) is 2.90. The maximum atomic E-state index is 6.16. The van der Waals surface area contributed by atoms with E-state index in [1.165, 1.54) is 11.1 Å². The number of rotatable bonds is 4. The van der Waals surface area contributed by atoms with Crippen LogP contribution in [0.4, 0.5) is 0 Å². The van der Waals surface area contributed by atoms with Gasteiger partial charge in [-0.05, 0) is 66.6 Å².